The first-order valence-corrected chi connectivity index (χ1v) is 7.99. The van der Waals surface area contributed by atoms with Crippen molar-refractivity contribution in [2.45, 2.75) is 37.3 Å². The Balaban J connectivity index is 1.79. The third-order valence-corrected chi connectivity index (χ3v) is 5.70. The van der Waals surface area contributed by atoms with E-state index in [2.05, 4.69) is 5.32 Å². The van der Waals surface area contributed by atoms with Crippen LogP contribution in [0.4, 0.5) is 5.69 Å². The number of amides is 2. The number of rotatable bonds is 3. The highest BCUT2D eigenvalue weighted by Gasteiger charge is 2.52. The number of thioether (sulfide) groups is 1. The average Bonchev–Trinajstić information content (AvgIpc) is 2.97. The molecule has 0 aliphatic carbocycles. The van der Waals surface area contributed by atoms with Crippen molar-refractivity contribution in [2.24, 2.45) is 0 Å². The Bertz CT molecular complexity index is 592. The van der Waals surface area contributed by atoms with E-state index < -0.39 is 6.04 Å². The van der Waals surface area contributed by atoms with Crippen molar-refractivity contribution >= 4 is 29.3 Å². The highest BCUT2D eigenvalue weighted by atomic mass is 32.2. The summed E-state index contributed by atoms with van der Waals surface area (Å²) in [5.41, 5.74) is 1.28. The van der Waals surface area contributed by atoms with Crippen molar-refractivity contribution < 1.29 is 14.7 Å². The number of aliphatic hydroxyl groups excluding tert-OH is 1. The number of carbonyl (C=O) groups excluding carboxylic acids is 2. The second-order valence-corrected chi connectivity index (χ2v) is 7.07. The molecule has 0 saturated carbocycles. The fourth-order valence-corrected chi connectivity index (χ4v) is 4.44. The van der Waals surface area contributed by atoms with Gasteiger partial charge in [0.2, 0.25) is 11.8 Å². The first kappa shape index (κ1) is 14.4. The molecule has 0 bridgehead atoms. The molecule has 5 nitrogen and oxygen atoms in total. The van der Waals surface area contributed by atoms with Crippen LogP contribution < -0.4 is 5.32 Å². The Morgan fingerprint density at radius 1 is 1.52 bits per heavy atom. The van der Waals surface area contributed by atoms with Crippen molar-refractivity contribution in [3.8, 4) is 0 Å². The number of nitrogens with zero attached hydrogens (tertiary/aromatic N) is 1. The van der Waals surface area contributed by atoms with Gasteiger partial charge in [-0.05, 0) is 19.4 Å². The maximum Gasteiger partial charge on any atom is 0.248 e. The lowest BCUT2D eigenvalue weighted by Crippen LogP contribution is -2.48. The molecule has 0 radical (unpaired) electrons. The zero-order chi connectivity index (χ0) is 15.0. The predicted molar refractivity (Wildman–Crippen MR) is 81.7 cm³/mol. The Morgan fingerprint density at radius 2 is 2.29 bits per heavy atom. The molecule has 2 amide bonds. The molecule has 2 atom stereocenters. The summed E-state index contributed by atoms with van der Waals surface area (Å²) in [7, 11) is 0. The average molecular weight is 306 g/mol. The van der Waals surface area contributed by atoms with E-state index in [9.17, 15) is 14.7 Å². The van der Waals surface area contributed by atoms with Gasteiger partial charge in [-0.15, -0.1) is 11.8 Å². The van der Waals surface area contributed by atoms with E-state index in [1.807, 2.05) is 19.1 Å². The zero-order valence-electron chi connectivity index (χ0n) is 11.8. The number of fused-ring (bicyclic) bond motifs is 1. The van der Waals surface area contributed by atoms with Crippen LogP contribution >= 0.6 is 11.8 Å². The molecule has 2 heterocycles. The van der Waals surface area contributed by atoms with E-state index in [-0.39, 0.29) is 23.3 Å². The number of carbonyl (C=O) groups is 2. The molecule has 3 rings (SSSR count). The molecule has 2 saturated heterocycles. The molecule has 0 aromatic heterocycles. The molecule has 2 aliphatic heterocycles. The summed E-state index contributed by atoms with van der Waals surface area (Å²) in [5, 5.41) is 12.2. The molecule has 112 valence electrons. The van der Waals surface area contributed by atoms with Gasteiger partial charge in [0.05, 0.1) is 11.5 Å². The first-order chi connectivity index (χ1) is 10.0. The smallest absolute Gasteiger partial charge is 0.248 e. The van der Waals surface area contributed by atoms with Crippen LogP contribution in [0.2, 0.25) is 0 Å². The number of para-hydroxylation sites is 1. The first-order valence-electron chi connectivity index (χ1n) is 7.01. The maximum atomic E-state index is 12.5. The predicted octanol–water partition coefficient (Wildman–Crippen LogP) is 1.57. The van der Waals surface area contributed by atoms with Crippen LogP contribution in [-0.4, -0.2) is 38.5 Å². The van der Waals surface area contributed by atoms with Gasteiger partial charge in [-0.2, -0.15) is 0 Å². The highest BCUT2D eigenvalue weighted by Crippen LogP contribution is 2.47. The van der Waals surface area contributed by atoms with E-state index >= 15 is 0 Å². The zero-order valence-corrected chi connectivity index (χ0v) is 12.7. The number of anilines is 1. The summed E-state index contributed by atoms with van der Waals surface area (Å²) in [6.45, 7) is 1.90. The van der Waals surface area contributed by atoms with Crippen LogP contribution in [0.1, 0.15) is 25.3 Å². The largest absolute Gasteiger partial charge is 0.392 e. The summed E-state index contributed by atoms with van der Waals surface area (Å²) in [4.78, 5) is 26.0. The third-order valence-electron chi connectivity index (χ3n) is 4.19. The van der Waals surface area contributed by atoms with Gasteiger partial charge < -0.3 is 15.3 Å². The summed E-state index contributed by atoms with van der Waals surface area (Å²) >= 11 is 1.67. The number of hydrogen-bond acceptors (Lipinski definition) is 4. The number of hydrogen-bond donors (Lipinski definition) is 2. The number of nitrogens with one attached hydrogen (secondary N) is 1. The van der Waals surface area contributed by atoms with Gasteiger partial charge >= 0.3 is 0 Å². The summed E-state index contributed by atoms with van der Waals surface area (Å²) in [6.07, 6.45) is 1.31. The van der Waals surface area contributed by atoms with E-state index in [4.69, 9.17) is 0 Å². The van der Waals surface area contributed by atoms with Gasteiger partial charge in [0.15, 0.2) is 0 Å². The number of benzene rings is 1. The summed E-state index contributed by atoms with van der Waals surface area (Å²) < 4.78 is 0. The lowest BCUT2D eigenvalue weighted by molar-refractivity contribution is -0.135. The maximum absolute atomic E-state index is 12.5. The molecule has 1 aromatic carbocycles. The van der Waals surface area contributed by atoms with Crippen molar-refractivity contribution in [3.63, 3.8) is 0 Å². The standard InChI is InChI=1S/C15H18N2O3S/c1-15-7-6-13(19)17(15)12(9-21-15)14(20)16-11-5-3-2-4-10(11)8-18/h2-5,12,18H,6-9H2,1H3,(H,16,20). The Kier molecular flexibility index (Phi) is 3.67. The van der Waals surface area contributed by atoms with E-state index in [0.29, 0.717) is 23.4 Å². The molecule has 2 N–H and O–H groups in total. The highest BCUT2D eigenvalue weighted by molar-refractivity contribution is 8.01. The molecule has 1 aromatic rings. The van der Waals surface area contributed by atoms with Crippen LogP contribution in [0, 0.1) is 0 Å². The SMILES string of the molecule is CC12CCC(=O)N1C(C(=O)Nc1ccccc1CO)CS2. The molecular weight excluding hydrogens is 288 g/mol. The van der Waals surface area contributed by atoms with Crippen molar-refractivity contribution in [3.05, 3.63) is 29.8 Å². The van der Waals surface area contributed by atoms with Gasteiger partial charge in [0.1, 0.15) is 6.04 Å². The minimum absolute atomic E-state index is 0.0538. The van der Waals surface area contributed by atoms with E-state index in [1.165, 1.54) is 0 Å². The summed E-state index contributed by atoms with van der Waals surface area (Å²) in [6, 6.07) is 6.72. The molecular formula is C15H18N2O3S. The van der Waals surface area contributed by atoms with Crippen molar-refractivity contribution in [1.82, 2.24) is 4.90 Å². The molecule has 2 unspecified atom stereocenters. The minimum atomic E-state index is -0.429. The molecule has 6 heteroatoms. The fourth-order valence-electron chi connectivity index (χ4n) is 3.01. The van der Waals surface area contributed by atoms with Gasteiger partial charge in [-0.1, -0.05) is 18.2 Å². The summed E-state index contributed by atoms with van der Waals surface area (Å²) in [5.74, 6) is 0.496. The molecule has 2 fully saturated rings. The van der Waals surface area contributed by atoms with Gasteiger partial charge in [-0.25, -0.2) is 0 Å². The monoisotopic (exact) mass is 306 g/mol. The Labute approximate surface area is 127 Å². The number of aliphatic hydroxyl groups is 1. The lowest BCUT2D eigenvalue weighted by Gasteiger charge is -2.30. The van der Waals surface area contributed by atoms with E-state index in [0.717, 1.165) is 6.42 Å². The third kappa shape index (κ3) is 2.42. The van der Waals surface area contributed by atoms with Gasteiger partial charge in [0.25, 0.3) is 0 Å². The lowest BCUT2D eigenvalue weighted by atomic mass is 10.1. The Hall–Kier alpha value is -1.53. The van der Waals surface area contributed by atoms with Crippen molar-refractivity contribution in [1.29, 1.82) is 0 Å². The van der Waals surface area contributed by atoms with Gasteiger partial charge in [-0.3, -0.25) is 9.59 Å². The van der Waals surface area contributed by atoms with Crippen LogP contribution in [0.15, 0.2) is 24.3 Å². The van der Waals surface area contributed by atoms with Crippen molar-refractivity contribution in [2.75, 3.05) is 11.1 Å². The normalized spacial score (nSPS) is 27.8. The molecule has 21 heavy (non-hydrogen) atoms. The van der Waals surface area contributed by atoms with Crippen LogP contribution in [0.5, 0.6) is 0 Å². The fraction of sp³-hybridized carbons (Fsp3) is 0.467. The second-order valence-electron chi connectivity index (χ2n) is 5.57. The van der Waals surface area contributed by atoms with Crippen LogP contribution in [-0.2, 0) is 16.2 Å². The topological polar surface area (TPSA) is 69.6 Å². The van der Waals surface area contributed by atoms with E-state index in [1.54, 1.807) is 28.8 Å². The molecule has 0 spiro atoms. The Morgan fingerprint density at radius 3 is 3.05 bits per heavy atom. The minimum Gasteiger partial charge on any atom is -0.392 e. The van der Waals surface area contributed by atoms with Crippen LogP contribution in [0.3, 0.4) is 0 Å². The quantitative estimate of drug-likeness (QED) is 0.889. The van der Waals surface area contributed by atoms with Gasteiger partial charge in [0, 0.05) is 23.4 Å². The molecule has 2 aliphatic rings. The second kappa shape index (κ2) is 5.35. The van der Waals surface area contributed by atoms with Crippen LogP contribution in [0.25, 0.3) is 0 Å².